The summed E-state index contributed by atoms with van der Waals surface area (Å²) in [5.74, 6) is 3.11. The molecular weight excluding hydrogens is 593 g/mol. The normalized spacial score (nSPS) is 15.1. The van der Waals surface area contributed by atoms with Gasteiger partial charge in [-0.15, -0.1) is 0 Å². The number of benzene rings is 1. The molecule has 0 aliphatic carbocycles. The Bertz CT molecular complexity index is 1330. The van der Waals surface area contributed by atoms with Gasteiger partial charge in [-0.1, -0.05) is 18.2 Å². The number of nitrogen functional groups attached to an aromatic ring is 1. The molecule has 0 saturated carbocycles. The molecular formula is C23H18N7O2Re-. The molecule has 1 amide bonds. The second kappa shape index (κ2) is 9.37. The molecule has 165 valence electrons. The number of nitrogens with zero attached hydrogens (tertiary/aromatic N) is 6. The number of amides is 1. The SMILES string of the molecule is [C-]#CC(=O)N1CC[C@@H](n2nc(-c3ccc(Oc4ccccc4)cn3)c3c(N)ncnc32)C1.[Re]. The number of hydrogen-bond donors (Lipinski definition) is 1. The van der Waals surface area contributed by atoms with Crippen LogP contribution in [0.1, 0.15) is 12.5 Å². The topological polar surface area (TPSA) is 112 Å². The largest absolute Gasteiger partial charge is 0.456 e. The minimum atomic E-state index is -0.436. The monoisotopic (exact) mass is 611 g/mol. The fraction of sp³-hybridized carbons (Fsp3) is 0.174. The van der Waals surface area contributed by atoms with E-state index in [0.29, 0.717) is 53.5 Å². The molecule has 1 aliphatic heterocycles. The maximum atomic E-state index is 11.8. The quantitative estimate of drug-likeness (QED) is 0.279. The summed E-state index contributed by atoms with van der Waals surface area (Å²) in [5.41, 5.74) is 7.93. The Kier molecular flexibility index (Phi) is 6.36. The van der Waals surface area contributed by atoms with Crippen LogP contribution in [0.3, 0.4) is 0 Å². The summed E-state index contributed by atoms with van der Waals surface area (Å²) in [5, 5.41) is 5.37. The van der Waals surface area contributed by atoms with Gasteiger partial charge in [-0.05, 0) is 30.7 Å². The Morgan fingerprint density at radius 3 is 2.67 bits per heavy atom. The van der Waals surface area contributed by atoms with Crippen molar-refractivity contribution in [1.82, 2.24) is 29.6 Å². The molecule has 1 aliphatic rings. The van der Waals surface area contributed by atoms with Crippen LogP contribution in [-0.2, 0) is 25.2 Å². The third kappa shape index (κ3) is 4.29. The second-order valence-corrected chi connectivity index (χ2v) is 7.36. The van der Waals surface area contributed by atoms with Crippen molar-refractivity contribution in [2.75, 3.05) is 18.8 Å². The minimum absolute atomic E-state index is 0. The van der Waals surface area contributed by atoms with Gasteiger partial charge in [0, 0.05) is 33.5 Å². The molecule has 9 nitrogen and oxygen atoms in total. The predicted octanol–water partition coefficient (Wildman–Crippen LogP) is 2.62. The van der Waals surface area contributed by atoms with Crippen molar-refractivity contribution in [3.63, 3.8) is 0 Å². The standard InChI is InChI=1S/C23H18N7O2.Re/c1-2-19(31)29-11-10-15(13-29)30-23-20(22(24)26-14-27-23)21(28-30)18-9-8-17(12-25-18)32-16-6-4-3-5-7-16;/h3-9,12,14-15H,10-11,13H2,(H2,24,26,27);/q-1;/t15-;/m1./s1. The average Bonchev–Trinajstić information content (AvgIpc) is 3.46. The molecule has 4 heterocycles. The van der Waals surface area contributed by atoms with Crippen molar-refractivity contribution in [1.29, 1.82) is 0 Å². The van der Waals surface area contributed by atoms with Crippen LogP contribution in [0, 0.1) is 12.3 Å². The summed E-state index contributed by atoms with van der Waals surface area (Å²) in [6, 6.07) is 13.0. The number of ether oxygens (including phenoxy) is 1. The van der Waals surface area contributed by atoms with Crippen LogP contribution < -0.4 is 10.5 Å². The van der Waals surface area contributed by atoms with E-state index < -0.39 is 5.91 Å². The molecule has 1 aromatic carbocycles. The van der Waals surface area contributed by atoms with Gasteiger partial charge < -0.3 is 26.6 Å². The minimum Gasteiger partial charge on any atom is -0.456 e. The average molecular weight is 611 g/mol. The van der Waals surface area contributed by atoms with Crippen molar-refractivity contribution >= 4 is 22.8 Å². The molecule has 1 radical (unpaired) electrons. The number of fused-ring (bicyclic) bond motifs is 1. The van der Waals surface area contributed by atoms with Crippen LogP contribution in [0.15, 0.2) is 55.0 Å². The molecule has 0 bridgehead atoms. The van der Waals surface area contributed by atoms with Crippen molar-refractivity contribution < 1.29 is 30.0 Å². The molecule has 33 heavy (non-hydrogen) atoms. The summed E-state index contributed by atoms with van der Waals surface area (Å²) in [4.78, 5) is 26.4. The molecule has 0 spiro atoms. The summed E-state index contributed by atoms with van der Waals surface area (Å²) in [6.07, 6.45) is 10.8. The first-order chi connectivity index (χ1) is 15.6. The van der Waals surface area contributed by atoms with Gasteiger partial charge in [-0.2, -0.15) is 5.10 Å². The van der Waals surface area contributed by atoms with Gasteiger partial charge in [0.1, 0.15) is 35.2 Å². The fourth-order valence-corrected chi connectivity index (χ4v) is 3.84. The third-order valence-corrected chi connectivity index (χ3v) is 5.38. The van der Waals surface area contributed by atoms with Crippen molar-refractivity contribution in [3.05, 3.63) is 61.4 Å². The predicted molar refractivity (Wildman–Crippen MR) is 117 cm³/mol. The van der Waals surface area contributed by atoms with Gasteiger partial charge in [0.25, 0.3) is 0 Å². The Hall–Kier alpha value is -3.79. The second-order valence-electron chi connectivity index (χ2n) is 7.36. The van der Waals surface area contributed by atoms with E-state index in [1.165, 1.54) is 6.33 Å². The van der Waals surface area contributed by atoms with Crippen molar-refractivity contribution in [2.24, 2.45) is 0 Å². The number of para-hydroxylation sites is 1. The Balaban J connectivity index is 0.00000259. The van der Waals surface area contributed by atoms with E-state index in [1.54, 1.807) is 15.8 Å². The van der Waals surface area contributed by atoms with Crippen LogP contribution in [0.5, 0.6) is 11.5 Å². The molecule has 0 unspecified atom stereocenters. The van der Waals surface area contributed by atoms with Crippen LogP contribution >= 0.6 is 0 Å². The number of pyridine rings is 1. The van der Waals surface area contributed by atoms with Crippen LogP contribution in [0.2, 0.25) is 0 Å². The number of likely N-dealkylation sites (tertiary alicyclic amines) is 1. The molecule has 3 aromatic heterocycles. The van der Waals surface area contributed by atoms with E-state index >= 15 is 0 Å². The van der Waals surface area contributed by atoms with E-state index in [9.17, 15) is 4.79 Å². The number of rotatable bonds is 4. The Morgan fingerprint density at radius 1 is 1.12 bits per heavy atom. The summed E-state index contributed by atoms with van der Waals surface area (Å²) >= 11 is 0. The molecule has 1 fully saturated rings. The molecule has 5 rings (SSSR count). The fourth-order valence-electron chi connectivity index (χ4n) is 3.84. The van der Waals surface area contributed by atoms with Crippen LogP contribution in [0.25, 0.3) is 22.4 Å². The van der Waals surface area contributed by atoms with Crippen molar-refractivity contribution in [3.8, 4) is 28.8 Å². The molecule has 10 heteroatoms. The molecule has 2 N–H and O–H groups in total. The van der Waals surface area contributed by atoms with Gasteiger partial charge in [0.2, 0.25) is 0 Å². The smallest absolute Gasteiger partial charge is 0.164 e. The molecule has 4 aromatic rings. The molecule has 1 saturated heterocycles. The van der Waals surface area contributed by atoms with E-state index in [0.717, 1.165) is 5.75 Å². The first-order valence-corrected chi connectivity index (χ1v) is 10.0. The number of carbonyl (C=O) groups is 1. The molecule has 1 atom stereocenters. The third-order valence-electron chi connectivity index (χ3n) is 5.38. The van der Waals surface area contributed by atoms with Gasteiger partial charge >= 0.3 is 0 Å². The first-order valence-electron chi connectivity index (χ1n) is 10.0. The van der Waals surface area contributed by atoms with E-state index in [4.69, 9.17) is 22.0 Å². The van der Waals surface area contributed by atoms with Gasteiger partial charge in [0.15, 0.2) is 5.65 Å². The van der Waals surface area contributed by atoms with E-state index in [1.807, 2.05) is 48.4 Å². The zero-order chi connectivity index (χ0) is 22.1. The maximum Gasteiger partial charge on any atom is 0.164 e. The summed E-state index contributed by atoms with van der Waals surface area (Å²) < 4.78 is 7.59. The number of anilines is 1. The number of hydrogen-bond acceptors (Lipinski definition) is 7. The Labute approximate surface area is 203 Å². The van der Waals surface area contributed by atoms with Crippen LogP contribution in [0.4, 0.5) is 5.82 Å². The summed E-state index contributed by atoms with van der Waals surface area (Å²) in [7, 11) is 0. The number of carbonyl (C=O) groups excluding carboxylic acids is 1. The number of aromatic nitrogens is 5. The summed E-state index contributed by atoms with van der Waals surface area (Å²) in [6.45, 7) is 0.943. The Morgan fingerprint density at radius 2 is 1.94 bits per heavy atom. The first kappa shape index (κ1) is 22.4. The van der Waals surface area contributed by atoms with E-state index in [2.05, 4.69) is 15.0 Å². The van der Waals surface area contributed by atoms with Gasteiger partial charge in [-0.3, -0.25) is 4.98 Å². The van der Waals surface area contributed by atoms with E-state index in [-0.39, 0.29) is 26.5 Å². The maximum absolute atomic E-state index is 11.8. The van der Waals surface area contributed by atoms with Gasteiger partial charge in [0.05, 0.1) is 23.3 Å². The zero-order valence-electron chi connectivity index (χ0n) is 17.3. The number of nitrogens with two attached hydrogens (primary N) is 1. The van der Waals surface area contributed by atoms with Gasteiger partial charge in [-0.25, -0.2) is 20.6 Å². The van der Waals surface area contributed by atoms with Crippen molar-refractivity contribution in [2.45, 2.75) is 12.5 Å². The zero-order valence-corrected chi connectivity index (χ0v) is 20.1. The van der Waals surface area contributed by atoms with Crippen LogP contribution in [-0.4, -0.2) is 48.6 Å².